The summed E-state index contributed by atoms with van der Waals surface area (Å²) in [7, 11) is 1.59. The minimum absolute atomic E-state index is 0.187. The topological polar surface area (TPSA) is 67.4 Å². The van der Waals surface area contributed by atoms with E-state index in [2.05, 4.69) is 10.6 Å². The van der Waals surface area contributed by atoms with Crippen LogP contribution in [0, 0.1) is 6.92 Å². The number of thiophene rings is 1. The van der Waals surface area contributed by atoms with Crippen molar-refractivity contribution in [3.05, 3.63) is 87.8 Å². The highest BCUT2D eigenvalue weighted by atomic mass is 35.5. The molecule has 1 aromatic heterocycles. The van der Waals surface area contributed by atoms with Gasteiger partial charge >= 0.3 is 0 Å². The first-order valence-electron chi connectivity index (χ1n) is 9.50. The van der Waals surface area contributed by atoms with Crippen molar-refractivity contribution in [2.24, 2.45) is 0 Å². The lowest BCUT2D eigenvalue weighted by molar-refractivity contribution is 0.102. The van der Waals surface area contributed by atoms with Gasteiger partial charge in [0.25, 0.3) is 11.8 Å². The molecule has 2 amide bonds. The van der Waals surface area contributed by atoms with Crippen LogP contribution < -0.4 is 15.4 Å². The number of fused-ring (bicyclic) bond motifs is 1. The number of amides is 2. The van der Waals surface area contributed by atoms with Crippen LogP contribution in [0.25, 0.3) is 10.1 Å². The number of ether oxygens (including phenoxy) is 1. The molecule has 0 atom stereocenters. The Labute approximate surface area is 188 Å². The number of hydrogen-bond donors (Lipinski definition) is 2. The van der Waals surface area contributed by atoms with Gasteiger partial charge in [0, 0.05) is 27.0 Å². The molecule has 0 fully saturated rings. The number of anilines is 2. The van der Waals surface area contributed by atoms with Crippen molar-refractivity contribution in [1.29, 1.82) is 0 Å². The summed E-state index contributed by atoms with van der Waals surface area (Å²) >= 11 is 7.74. The molecule has 0 bridgehead atoms. The molecule has 0 spiro atoms. The van der Waals surface area contributed by atoms with Gasteiger partial charge in [0.1, 0.15) is 10.6 Å². The Hall–Kier alpha value is -3.35. The third kappa shape index (κ3) is 4.55. The molecule has 2 N–H and O–H groups in total. The van der Waals surface area contributed by atoms with E-state index in [1.165, 1.54) is 11.3 Å². The van der Waals surface area contributed by atoms with Crippen LogP contribution in [0.15, 0.2) is 66.7 Å². The van der Waals surface area contributed by atoms with Crippen molar-refractivity contribution < 1.29 is 14.3 Å². The molecule has 3 aromatic carbocycles. The molecule has 0 aliphatic carbocycles. The number of carbonyl (C=O) groups is 2. The standard InChI is InChI=1S/C24H19ClN2O3S/c1-14-4-3-5-15(12-14)23(28)26-16-6-8-17(9-7-16)27-24(29)22-21(25)19-11-10-18(30-2)13-20(19)31-22/h3-13H,1-2H3,(H,26,28)(H,27,29). The summed E-state index contributed by atoms with van der Waals surface area (Å²) in [6.45, 7) is 1.94. The maximum Gasteiger partial charge on any atom is 0.267 e. The number of benzene rings is 3. The molecule has 4 rings (SSSR count). The van der Waals surface area contributed by atoms with Gasteiger partial charge in [0.2, 0.25) is 0 Å². The van der Waals surface area contributed by atoms with E-state index in [-0.39, 0.29) is 11.8 Å². The fourth-order valence-electron chi connectivity index (χ4n) is 3.13. The van der Waals surface area contributed by atoms with E-state index < -0.39 is 0 Å². The fourth-order valence-corrected chi connectivity index (χ4v) is 4.57. The minimum Gasteiger partial charge on any atom is -0.497 e. The van der Waals surface area contributed by atoms with Gasteiger partial charge < -0.3 is 15.4 Å². The molecule has 0 aliphatic rings. The summed E-state index contributed by atoms with van der Waals surface area (Å²) < 4.78 is 6.11. The first kappa shape index (κ1) is 20.9. The van der Waals surface area contributed by atoms with E-state index in [1.54, 1.807) is 37.4 Å². The molecule has 0 aliphatic heterocycles. The van der Waals surface area contributed by atoms with Crippen molar-refractivity contribution in [2.75, 3.05) is 17.7 Å². The van der Waals surface area contributed by atoms with Gasteiger partial charge in [0.15, 0.2) is 0 Å². The van der Waals surface area contributed by atoms with Gasteiger partial charge in [-0.3, -0.25) is 9.59 Å². The predicted octanol–water partition coefficient (Wildman–Crippen LogP) is 6.38. The van der Waals surface area contributed by atoms with E-state index in [1.807, 2.05) is 43.3 Å². The predicted molar refractivity (Wildman–Crippen MR) is 127 cm³/mol. The summed E-state index contributed by atoms with van der Waals surface area (Å²) in [5, 5.41) is 6.93. The van der Waals surface area contributed by atoms with Gasteiger partial charge in [-0.25, -0.2) is 0 Å². The second-order valence-corrected chi connectivity index (χ2v) is 8.39. The Morgan fingerprint density at radius 3 is 2.23 bits per heavy atom. The van der Waals surface area contributed by atoms with Gasteiger partial charge in [0.05, 0.1) is 12.1 Å². The SMILES string of the molecule is COc1ccc2c(Cl)c(C(=O)Nc3ccc(NC(=O)c4cccc(C)c4)cc3)sc2c1. The molecule has 0 saturated carbocycles. The second kappa shape index (κ2) is 8.79. The molecule has 7 heteroatoms. The molecule has 0 radical (unpaired) electrons. The lowest BCUT2D eigenvalue weighted by atomic mass is 10.1. The van der Waals surface area contributed by atoms with Gasteiger partial charge in [-0.2, -0.15) is 0 Å². The van der Waals surface area contributed by atoms with E-state index in [4.69, 9.17) is 16.3 Å². The van der Waals surface area contributed by atoms with Crippen molar-refractivity contribution in [3.8, 4) is 5.75 Å². The van der Waals surface area contributed by atoms with Gasteiger partial charge in [-0.15, -0.1) is 11.3 Å². The third-order valence-electron chi connectivity index (χ3n) is 4.72. The zero-order valence-corrected chi connectivity index (χ0v) is 18.4. The van der Waals surface area contributed by atoms with Crippen LogP contribution in [0.3, 0.4) is 0 Å². The Balaban J connectivity index is 1.46. The van der Waals surface area contributed by atoms with Crippen molar-refractivity contribution in [1.82, 2.24) is 0 Å². The number of nitrogens with one attached hydrogen (secondary N) is 2. The number of aryl methyl sites for hydroxylation is 1. The van der Waals surface area contributed by atoms with Crippen LogP contribution in [0.4, 0.5) is 11.4 Å². The van der Waals surface area contributed by atoms with Crippen LogP contribution in [0.5, 0.6) is 5.75 Å². The molecular weight excluding hydrogens is 432 g/mol. The number of hydrogen-bond acceptors (Lipinski definition) is 4. The van der Waals surface area contributed by atoms with Crippen LogP contribution >= 0.6 is 22.9 Å². The Bertz CT molecular complexity index is 1280. The Morgan fingerprint density at radius 2 is 1.58 bits per heavy atom. The third-order valence-corrected chi connectivity index (χ3v) is 6.38. The van der Waals surface area contributed by atoms with E-state index in [9.17, 15) is 9.59 Å². The maximum atomic E-state index is 12.8. The van der Waals surface area contributed by atoms with E-state index in [0.717, 1.165) is 15.6 Å². The largest absolute Gasteiger partial charge is 0.497 e. The Morgan fingerprint density at radius 1 is 0.903 bits per heavy atom. The van der Waals surface area contributed by atoms with Crippen LogP contribution in [0.2, 0.25) is 5.02 Å². The van der Waals surface area contributed by atoms with Crippen LogP contribution in [0.1, 0.15) is 25.6 Å². The highest BCUT2D eigenvalue weighted by Gasteiger charge is 2.18. The Kier molecular flexibility index (Phi) is 5.93. The fraction of sp³-hybridized carbons (Fsp3) is 0.0833. The smallest absolute Gasteiger partial charge is 0.267 e. The van der Waals surface area contributed by atoms with E-state index >= 15 is 0 Å². The maximum absolute atomic E-state index is 12.8. The van der Waals surface area contributed by atoms with Gasteiger partial charge in [-0.1, -0.05) is 29.3 Å². The van der Waals surface area contributed by atoms with Gasteiger partial charge in [-0.05, 0) is 61.5 Å². The number of methoxy groups -OCH3 is 1. The van der Waals surface area contributed by atoms with Crippen molar-refractivity contribution in [3.63, 3.8) is 0 Å². The minimum atomic E-state index is -0.290. The highest BCUT2D eigenvalue weighted by molar-refractivity contribution is 7.21. The summed E-state index contributed by atoms with van der Waals surface area (Å²) in [4.78, 5) is 25.6. The molecule has 1 heterocycles. The summed E-state index contributed by atoms with van der Waals surface area (Å²) in [5.41, 5.74) is 2.85. The van der Waals surface area contributed by atoms with Crippen molar-refractivity contribution in [2.45, 2.75) is 6.92 Å². The molecule has 0 unspecified atom stereocenters. The quantitative estimate of drug-likeness (QED) is 0.371. The van der Waals surface area contributed by atoms with Crippen molar-refractivity contribution >= 4 is 56.2 Å². The first-order valence-corrected chi connectivity index (χ1v) is 10.7. The molecule has 4 aromatic rings. The average Bonchev–Trinajstić information content (AvgIpc) is 3.11. The monoisotopic (exact) mass is 450 g/mol. The molecule has 31 heavy (non-hydrogen) atoms. The lowest BCUT2D eigenvalue weighted by Crippen LogP contribution is -2.13. The average molecular weight is 451 g/mol. The highest BCUT2D eigenvalue weighted by Crippen LogP contribution is 2.37. The molecule has 5 nitrogen and oxygen atoms in total. The number of carbonyl (C=O) groups excluding carboxylic acids is 2. The summed E-state index contributed by atoms with van der Waals surface area (Å²) in [6, 6.07) is 19.8. The number of halogens is 1. The molecular formula is C24H19ClN2O3S. The lowest BCUT2D eigenvalue weighted by Gasteiger charge is -2.08. The first-order chi connectivity index (χ1) is 14.9. The van der Waals surface area contributed by atoms with Crippen LogP contribution in [-0.4, -0.2) is 18.9 Å². The summed E-state index contributed by atoms with van der Waals surface area (Å²) in [5.74, 6) is 0.232. The van der Waals surface area contributed by atoms with E-state index in [0.29, 0.717) is 32.6 Å². The van der Waals surface area contributed by atoms with Crippen LogP contribution in [-0.2, 0) is 0 Å². The zero-order valence-electron chi connectivity index (χ0n) is 16.9. The zero-order chi connectivity index (χ0) is 22.0. The number of rotatable bonds is 5. The second-order valence-electron chi connectivity index (χ2n) is 6.96. The molecule has 0 saturated heterocycles. The molecule has 156 valence electrons. The normalized spacial score (nSPS) is 10.7. The summed E-state index contributed by atoms with van der Waals surface area (Å²) in [6.07, 6.45) is 0.